The van der Waals surface area contributed by atoms with Gasteiger partial charge in [0.25, 0.3) is 0 Å². The molecule has 2 aliphatic carbocycles. The highest BCUT2D eigenvalue weighted by Crippen LogP contribution is 2.58. The summed E-state index contributed by atoms with van der Waals surface area (Å²) < 4.78 is 0. The molecule has 0 aromatic heterocycles. The minimum atomic E-state index is 0.502. The number of fused-ring (bicyclic) bond motifs is 3. The maximum absolute atomic E-state index is 2.49. The summed E-state index contributed by atoms with van der Waals surface area (Å²) in [6.45, 7) is 0. The highest BCUT2D eigenvalue weighted by atomic mass is 28.2. The molecule has 0 bridgehead atoms. The molecule has 0 nitrogen and oxygen atoms in total. The molecular weight excluding hydrogens is 424 g/mol. The molecule has 1 aliphatic heterocycles. The van der Waals surface area contributed by atoms with Gasteiger partial charge in [-0.15, -0.1) is 0 Å². The first-order chi connectivity index (χ1) is 16.8. The molecule has 1 fully saturated rings. The van der Waals surface area contributed by atoms with E-state index in [1.54, 1.807) is 5.57 Å². The normalized spacial score (nSPS) is 20.5. The van der Waals surface area contributed by atoms with E-state index in [9.17, 15) is 0 Å². The van der Waals surface area contributed by atoms with Crippen LogP contribution in [0, 0.1) is 0 Å². The Morgan fingerprint density at radius 3 is 1.68 bits per heavy atom. The van der Waals surface area contributed by atoms with Crippen LogP contribution in [0.3, 0.4) is 0 Å². The lowest BCUT2D eigenvalue weighted by Crippen LogP contribution is -2.30. The fraction of sp³-hybridized carbons (Fsp3) is 0.152. The zero-order valence-electron chi connectivity index (χ0n) is 19.1. The van der Waals surface area contributed by atoms with Gasteiger partial charge in [-0.2, -0.15) is 0 Å². The molecule has 4 aromatic rings. The topological polar surface area (TPSA) is 0 Å². The van der Waals surface area contributed by atoms with Crippen LogP contribution in [0.2, 0.25) is 11.1 Å². The van der Waals surface area contributed by atoms with Crippen molar-refractivity contribution in [2.75, 3.05) is 0 Å². The molecule has 2 unspecified atom stereocenters. The Labute approximate surface area is 204 Å². The second-order valence-corrected chi connectivity index (χ2v) is 11.5. The molecule has 4 aromatic carbocycles. The second-order valence-electron chi connectivity index (χ2n) is 9.75. The van der Waals surface area contributed by atoms with Crippen LogP contribution < -0.4 is 0 Å². The molecule has 1 heteroatoms. The first-order valence-corrected chi connectivity index (χ1v) is 13.5. The van der Waals surface area contributed by atoms with Crippen molar-refractivity contribution in [2.24, 2.45) is 0 Å². The molecule has 1 saturated heterocycles. The Hall–Kier alpha value is -3.42. The van der Waals surface area contributed by atoms with Crippen LogP contribution in [0.25, 0.3) is 33.4 Å². The third-order valence-corrected chi connectivity index (χ3v) is 9.84. The largest absolute Gasteiger partial charge is 0.0805 e. The third-order valence-electron chi connectivity index (χ3n) is 7.83. The number of allylic oxidation sites excluding steroid dienone is 4. The van der Waals surface area contributed by atoms with Crippen LogP contribution in [0.15, 0.2) is 121 Å². The van der Waals surface area contributed by atoms with Gasteiger partial charge in [-0.1, -0.05) is 109 Å². The molecule has 1 heterocycles. The smallest absolute Gasteiger partial charge is 0.0513 e. The minimum Gasteiger partial charge on any atom is -0.0805 e. The van der Waals surface area contributed by atoms with Crippen molar-refractivity contribution in [1.82, 2.24) is 0 Å². The van der Waals surface area contributed by atoms with Crippen molar-refractivity contribution in [1.29, 1.82) is 0 Å². The molecule has 162 valence electrons. The minimum absolute atomic E-state index is 0.502. The van der Waals surface area contributed by atoms with Crippen LogP contribution in [-0.2, 0) is 0 Å². The van der Waals surface area contributed by atoms with Gasteiger partial charge in [0.15, 0.2) is 0 Å². The van der Waals surface area contributed by atoms with Crippen molar-refractivity contribution >= 4 is 9.52 Å². The fourth-order valence-electron chi connectivity index (χ4n) is 6.05. The maximum Gasteiger partial charge on any atom is 0.0513 e. The molecule has 0 saturated carbocycles. The summed E-state index contributed by atoms with van der Waals surface area (Å²) in [6.07, 6.45) is 9.40. The lowest BCUT2D eigenvalue weighted by Gasteiger charge is -2.40. The monoisotopic (exact) mass is 450 g/mol. The number of benzene rings is 4. The average molecular weight is 451 g/mol. The van der Waals surface area contributed by atoms with Crippen LogP contribution in [0.4, 0.5) is 0 Å². The van der Waals surface area contributed by atoms with Crippen molar-refractivity contribution in [3.8, 4) is 33.4 Å². The summed E-state index contributed by atoms with van der Waals surface area (Å²) in [5.74, 6) is 0.502. The Kier molecular flexibility index (Phi) is 4.77. The first-order valence-electron chi connectivity index (χ1n) is 12.4. The number of hydrogen-bond acceptors (Lipinski definition) is 0. The van der Waals surface area contributed by atoms with E-state index in [1.165, 1.54) is 57.3 Å². The van der Waals surface area contributed by atoms with Gasteiger partial charge in [-0.3, -0.25) is 0 Å². The standard InChI is InChI=1S/C33H26Si/c1-3-9-22(10-4-1)25-15-17-27-28-18-16-26(23-11-5-2-6-12-23)20-30(28)33(29(27)19-25)32-21-31(34-32)24-13-7-8-14-24/h1-13,15-20,31-33H,14,21H2. The predicted molar refractivity (Wildman–Crippen MR) is 144 cm³/mol. The predicted octanol–water partition coefficient (Wildman–Crippen LogP) is 8.70. The van der Waals surface area contributed by atoms with Gasteiger partial charge in [-0.25, -0.2) is 0 Å². The van der Waals surface area contributed by atoms with Gasteiger partial charge >= 0.3 is 0 Å². The van der Waals surface area contributed by atoms with E-state index in [4.69, 9.17) is 0 Å². The van der Waals surface area contributed by atoms with Gasteiger partial charge in [0.2, 0.25) is 0 Å². The van der Waals surface area contributed by atoms with E-state index in [2.05, 4.69) is 115 Å². The molecule has 2 atom stereocenters. The molecule has 2 radical (unpaired) electrons. The Balaban J connectivity index is 1.31. The van der Waals surface area contributed by atoms with Crippen molar-refractivity contribution < 1.29 is 0 Å². The molecule has 3 aliphatic rings. The molecule has 34 heavy (non-hydrogen) atoms. The van der Waals surface area contributed by atoms with Crippen molar-refractivity contribution in [3.05, 3.63) is 132 Å². The fourth-order valence-corrected chi connectivity index (χ4v) is 7.87. The maximum atomic E-state index is 2.49. The third kappa shape index (κ3) is 3.27. The summed E-state index contributed by atoms with van der Waals surface area (Å²) in [5.41, 5.74) is 14.4. The highest BCUT2D eigenvalue weighted by Gasteiger charge is 2.43. The zero-order chi connectivity index (χ0) is 22.5. The van der Waals surface area contributed by atoms with Crippen LogP contribution in [0.1, 0.15) is 29.9 Å². The van der Waals surface area contributed by atoms with E-state index >= 15 is 0 Å². The Morgan fingerprint density at radius 1 is 0.618 bits per heavy atom. The van der Waals surface area contributed by atoms with Gasteiger partial charge < -0.3 is 0 Å². The lowest BCUT2D eigenvalue weighted by atomic mass is 9.86. The Morgan fingerprint density at radius 2 is 1.18 bits per heavy atom. The molecule has 0 amide bonds. The molecule has 7 rings (SSSR count). The van der Waals surface area contributed by atoms with Crippen LogP contribution in [0.5, 0.6) is 0 Å². The molecular formula is C33H26Si. The summed E-state index contributed by atoms with van der Waals surface area (Å²) in [7, 11) is 1.01. The lowest BCUT2D eigenvalue weighted by molar-refractivity contribution is 0.587. The quantitative estimate of drug-likeness (QED) is 0.273. The number of rotatable bonds is 4. The first kappa shape index (κ1) is 20.0. The van der Waals surface area contributed by atoms with Gasteiger partial charge in [0, 0.05) is 5.92 Å². The summed E-state index contributed by atoms with van der Waals surface area (Å²) >= 11 is 0. The van der Waals surface area contributed by atoms with Gasteiger partial charge in [0.1, 0.15) is 0 Å². The Bertz CT molecular complexity index is 1330. The summed E-state index contributed by atoms with van der Waals surface area (Å²) in [4.78, 5) is 0. The van der Waals surface area contributed by atoms with E-state index in [-0.39, 0.29) is 0 Å². The van der Waals surface area contributed by atoms with E-state index < -0.39 is 0 Å². The number of hydrogen-bond donors (Lipinski definition) is 0. The summed E-state index contributed by atoms with van der Waals surface area (Å²) in [6, 6.07) is 36.0. The van der Waals surface area contributed by atoms with Crippen LogP contribution in [-0.4, -0.2) is 9.52 Å². The van der Waals surface area contributed by atoms with Gasteiger partial charge in [0.05, 0.1) is 9.52 Å². The average Bonchev–Trinajstić information content (AvgIpc) is 3.51. The molecule has 0 N–H and O–H groups in total. The molecule has 0 spiro atoms. The second kappa shape index (κ2) is 8.11. The van der Waals surface area contributed by atoms with Crippen molar-refractivity contribution in [2.45, 2.75) is 29.8 Å². The van der Waals surface area contributed by atoms with E-state index in [0.29, 0.717) is 5.92 Å². The SMILES string of the molecule is C1=CCC(C2CC(C3c4cc(-c5ccccc5)ccc4-c4ccc(-c5ccccc5)cc43)[Si]2)=C1. The summed E-state index contributed by atoms with van der Waals surface area (Å²) in [5, 5.41) is 0. The van der Waals surface area contributed by atoms with Crippen molar-refractivity contribution in [3.63, 3.8) is 0 Å². The highest BCUT2D eigenvalue weighted by molar-refractivity contribution is 6.45. The van der Waals surface area contributed by atoms with E-state index in [1.807, 2.05) is 0 Å². The van der Waals surface area contributed by atoms with Gasteiger partial charge in [-0.05, 0) is 80.6 Å². The van der Waals surface area contributed by atoms with Crippen LogP contribution >= 0.6 is 0 Å². The zero-order valence-corrected chi connectivity index (χ0v) is 20.1. The van der Waals surface area contributed by atoms with E-state index in [0.717, 1.165) is 20.6 Å².